The molecule has 10 heteroatoms. The first-order valence-electron chi connectivity index (χ1n) is 9.28. The van der Waals surface area contributed by atoms with Gasteiger partial charge in [-0.2, -0.15) is 4.98 Å². The van der Waals surface area contributed by atoms with Gasteiger partial charge in [-0.3, -0.25) is 0 Å². The van der Waals surface area contributed by atoms with Gasteiger partial charge in [0, 0.05) is 25.4 Å². The van der Waals surface area contributed by atoms with Crippen LogP contribution in [0.4, 0.5) is 32.3 Å². The number of hydrogen-bond donors (Lipinski definition) is 2. The molecule has 1 atom stereocenters. The predicted molar refractivity (Wildman–Crippen MR) is 121 cm³/mol. The molecule has 0 saturated heterocycles. The first kappa shape index (κ1) is 22.7. The fraction of sp³-hybridized carbons (Fsp3) is 0.190. The van der Waals surface area contributed by atoms with Crippen molar-refractivity contribution in [3.8, 4) is 0 Å². The van der Waals surface area contributed by atoms with Crippen molar-refractivity contribution in [3.05, 3.63) is 70.6 Å². The lowest BCUT2D eigenvalue weighted by Crippen LogP contribution is -2.32. The van der Waals surface area contributed by atoms with Crippen molar-refractivity contribution in [1.29, 1.82) is 0 Å². The average Bonchev–Trinajstić information content (AvgIpc) is 2.73. The van der Waals surface area contributed by atoms with Crippen LogP contribution in [0.15, 0.2) is 54.7 Å². The lowest BCUT2D eigenvalue weighted by Gasteiger charge is -2.23. The highest BCUT2D eigenvalue weighted by molar-refractivity contribution is 6.44. The maximum Gasteiger partial charge on any atom is 0.332 e. The third kappa shape index (κ3) is 5.81. The van der Waals surface area contributed by atoms with E-state index in [0.717, 1.165) is 0 Å². The molecule has 2 N–H and O–H groups in total. The fourth-order valence-corrected chi connectivity index (χ4v) is 3.12. The van der Waals surface area contributed by atoms with E-state index in [1.54, 1.807) is 31.4 Å². The molecule has 2 amide bonds. The maximum atomic E-state index is 13.5. The molecule has 2 aromatic carbocycles. The van der Waals surface area contributed by atoms with Crippen molar-refractivity contribution in [2.24, 2.45) is 0 Å². The van der Waals surface area contributed by atoms with Crippen LogP contribution in [0.3, 0.4) is 0 Å². The minimum atomic E-state index is -0.564. The Balaban J connectivity index is 1.96. The zero-order valence-electron chi connectivity index (χ0n) is 16.8. The van der Waals surface area contributed by atoms with Crippen molar-refractivity contribution in [2.75, 3.05) is 29.3 Å². The van der Waals surface area contributed by atoms with Gasteiger partial charge in [0.15, 0.2) is 0 Å². The van der Waals surface area contributed by atoms with E-state index in [9.17, 15) is 9.18 Å². The number of ether oxygens (including phenoxy) is 1. The Morgan fingerprint density at radius 1 is 1.19 bits per heavy atom. The highest BCUT2D eigenvalue weighted by Crippen LogP contribution is 2.31. The number of carbonyl (C=O) groups is 1. The van der Waals surface area contributed by atoms with Gasteiger partial charge >= 0.3 is 6.03 Å². The van der Waals surface area contributed by atoms with E-state index in [1.807, 2.05) is 6.92 Å². The molecule has 1 unspecified atom stereocenters. The van der Waals surface area contributed by atoms with Crippen LogP contribution in [-0.2, 0) is 4.74 Å². The Labute approximate surface area is 189 Å². The number of carbonyl (C=O) groups excluding carboxylic acids is 1. The summed E-state index contributed by atoms with van der Waals surface area (Å²) < 4.78 is 18.6. The van der Waals surface area contributed by atoms with Crippen molar-refractivity contribution < 1.29 is 13.9 Å². The summed E-state index contributed by atoms with van der Waals surface area (Å²) in [5.41, 5.74) is 0.721. The van der Waals surface area contributed by atoms with Crippen LogP contribution in [0.1, 0.15) is 6.92 Å². The van der Waals surface area contributed by atoms with Crippen LogP contribution < -0.4 is 15.5 Å². The summed E-state index contributed by atoms with van der Waals surface area (Å²) in [7, 11) is 1.59. The highest BCUT2D eigenvalue weighted by Gasteiger charge is 2.22. The third-order valence-corrected chi connectivity index (χ3v) is 4.96. The van der Waals surface area contributed by atoms with Gasteiger partial charge in [-0.1, -0.05) is 29.3 Å². The van der Waals surface area contributed by atoms with Gasteiger partial charge in [0.2, 0.25) is 5.95 Å². The smallest absolute Gasteiger partial charge is 0.332 e. The molecule has 3 rings (SSSR count). The second kappa shape index (κ2) is 10.4. The van der Waals surface area contributed by atoms with E-state index in [4.69, 9.17) is 27.9 Å². The van der Waals surface area contributed by atoms with Crippen molar-refractivity contribution >= 4 is 52.4 Å². The second-order valence-corrected chi connectivity index (χ2v) is 7.37. The number of nitrogens with zero attached hydrogens (tertiary/aromatic N) is 3. The molecular weight excluding hydrogens is 444 g/mol. The van der Waals surface area contributed by atoms with Crippen LogP contribution in [0.5, 0.6) is 0 Å². The first-order chi connectivity index (χ1) is 14.9. The molecule has 0 aliphatic rings. The number of amides is 2. The Morgan fingerprint density at radius 3 is 2.65 bits per heavy atom. The monoisotopic (exact) mass is 463 g/mol. The summed E-state index contributed by atoms with van der Waals surface area (Å²) in [4.78, 5) is 23.1. The van der Waals surface area contributed by atoms with Gasteiger partial charge < -0.3 is 15.4 Å². The molecule has 0 fully saturated rings. The predicted octanol–water partition coefficient (Wildman–Crippen LogP) is 5.74. The van der Waals surface area contributed by atoms with Crippen molar-refractivity contribution in [3.63, 3.8) is 0 Å². The number of urea groups is 1. The Bertz CT molecular complexity index is 1050. The van der Waals surface area contributed by atoms with E-state index in [0.29, 0.717) is 29.0 Å². The number of methoxy groups -OCH3 is 1. The number of nitrogens with one attached hydrogen (secondary N) is 2. The summed E-state index contributed by atoms with van der Waals surface area (Å²) in [6.45, 7) is 2.36. The fourth-order valence-electron chi connectivity index (χ4n) is 2.77. The molecule has 0 aliphatic carbocycles. The van der Waals surface area contributed by atoms with Gasteiger partial charge in [-0.15, -0.1) is 0 Å². The van der Waals surface area contributed by atoms with E-state index < -0.39 is 11.8 Å². The lowest BCUT2D eigenvalue weighted by molar-refractivity contribution is 0.190. The van der Waals surface area contributed by atoms with Crippen molar-refractivity contribution in [1.82, 2.24) is 9.97 Å². The van der Waals surface area contributed by atoms with Crippen LogP contribution in [0, 0.1) is 5.82 Å². The number of halogens is 3. The summed E-state index contributed by atoms with van der Waals surface area (Å²) in [5.74, 6) is 0.146. The molecule has 0 bridgehead atoms. The highest BCUT2D eigenvalue weighted by atomic mass is 35.5. The van der Waals surface area contributed by atoms with Gasteiger partial charge in [0.1, 0.15) is 11.6 Å². The van der Waals surface area contributed by atoms with Crippen LogP contribution in [-0.4, -0.2) is 35.8 Å². The largest absolute Gasteiger partial charge is 0.383 e. The number of aromatic nitrogens is 2. The van der Waals surface area contributed by atoms with Crippen LogP contribution in [0.2, 0.25) is 10.0 Å². The normalized spacial score (nSPS) is 11.6. The summed E-state index contributed by atoms with van der Waals surface area (Å²) in [5, 5.41) is 6.32. The molecule has 0 radical (unpaired) electrons. The van der Waals surface area contributed by atoms with Crippen LogP contribution >= 0.6 is 23.2 Å². The Morgan fingerprint density at radius 2 is 1.94 bits per heavy atom. The molecule has 7 nitrogen and oxygen atoms in total. The molecule has 1 aromatic heterocycles. The van der Waals surface area contributed by atoms with Crippen molar-refractivity contribution in [2.45, 2.75) is 13.0 Å². The number of hydrogen-bond acceptors (Lipinski definition) is 5. The average molecular weight is 464 g/mol. The third-order valence-electron chi connectivity index (χ3n) is 4.14. The first-order valence-corrected chi connectivity index (χ1v) is 10.0. The topological polar surface area (TPSA) is 79.4 Å². The summed E-state index contributed by atoms with van der Waals surface area (Å²) >= 11 is 12.3. The molecule has 3 aromatic rings. The Kier molecular flexibility index (Phi) is 7.62. The molecular formula is C21H20Cl2FN5O2. The Hall–Kier alpha value is -2.94. The minimum absolute atomic E-state index is 0.0568. The zero-order chi connectivity index (χ0) is 22.4. The molecule has 31 heavy (non-hydrogen) atoms. The van der Waals surface area contributed by atoms with E-state index >= 15 is 0 Å². The van der Waals surface area contributed by atoms with E-state index in [1.165, 1.54) is 35.4 Å². The molecule has 1 heterocycles. The van der Waals surface area contributed by atoms with E-state index in [2.05, 4.69) is 20.6 Å². The molecule has 0 spiro atoms. The summed E-state index contributed by atoms with van der Waals surface area (Å²) in [6, 6.07) is 11.3. The van der Waals surface area contributed by atoms with Gasteiger partial charge in [-0.05, 0) is 43.3 Å². The molecule has 0 saturated carbocycles. The van der Waals surface area contributed by atoms with Crippen LogP contribution in [0.25, 0.3) is 0 Å². The van der Waals surface area contributed by atoms with Gasteiger partial charge in [0.05, 0.1) is 28.0 Å². The SMILES string of the molecule is COCC(C)Nc1nccc(N(C(=O)Nc2cccc(Cl)c2Cl)c2ccc(F)cc2)n1. The molecule has 0 aliphatic heterocycles. The number of rotatable bonds is 7. The van der Waals surface area contributed by atoms with Gasteiger partial charge in [-0.25, -0.2) is 19.1 Å². The number of benzene rings is 2. The standard InChI is InChI=1S/C21H20Cl2FN5O2/c1-13(12-31-2)26-20-25-11-10-18(28-20)29(15-8-6-14(24)7-9-15)21(30)27-17-5-3-4-16(22)19(17)23/h3-11,13H,12H2,1-2H3,(H,27,30)(H,25,26,28). The molecule has 162 valence electrons. The lowest BCUT2D eigenvalue weighted by atomic mass is 10.2. The minimum Gasteiger partial charge on any atom is -0.383 e. The number of anilines is 4. The maximum absolute atomic E-state index is 13.5. The summed E-state index contributed by atoms with van der Waals surface area (Å²) in [6.07, 6.45) is 1.51. The quantitative estimate of drug-likeness (QED) is 0.466. The second-order valence-electron chi connectivity index (χ2n) is 6.58. The van der Waals surface area contributed by atoms with E-state index in [-0.39, 0.29) is 16.9 Å². The van der Waals surface area contributed by atoms with Gasteiger partial charge in [0.25, 0.3) is 0 Å². The zero-order valence-corrected chi connectivity index (χ0v) is 18.3.